The molecule has 2 aromatic heterocycles. The summed E-state index contributed by atoms with van der Waals surface area (Å²) in [6.45, 7) is 0. The summed E-state index contributed by atoms with van der Waals surface area (Å²) < 4.78 is 1.11. The fourth-order valence-corrected chi connectivity index (χ4v) is 2.84. The second-order valence-corrected chi connectivity index (χ2v) is 4.52. The molecule has 1 aromatic carbocycles. The Balaban J connectivity index is 2.58. The van der Waals surface area contributed by atoms with E-state index in [1.807, 2.05) is 30.3 Å². The molecule has 0 saturated heterocycles. The van der Waals surface area contributed by atoms with Crippen molar-refractivity contribution in [1.29, 1.82) is 5.26 Å². The Morgan fingerprint density at radius 3 is 2.88 bits per heavy atom. The molecule has 0 bridgehead atoms. The van der Waals surface area contributed by atoms with Crippen LogP contribution in [-0.4, -0.2) is 4.98 Å². The van der Waals surface area contributed by atoms with Crippen molar-refractivity contribution in [2.75, 3.05) is 0 Å². The second-order valence-electron chi connectivity index (χ2n) is 3.46. The first kappa shape index (κ1) is 9.13. The van der Waals surface area contributed by atoms with Gasteiger partial charge in [0.1, 0.15) is 16.5 Å². The van der Waals surface area contributed by atoms with Crippen molar-refractivity contribution in [2.45, 2.75) is 0 Å². The average Bonchev–Trinajstić information content (AvgIpc) is 2.65. The third-order valence-corrected chi connectivity index (χ3v) is 3.62. The van der Waals surface area contributed by atoms with E-state index in [4.69, 9.17) is 5.26 Å². The van der Waals surface area contributed by atoms with E-state index in [-0.39, 0.29) is 11.1 Å². The third kappa shape index (κ3) is 1.16. The number of nitrogens with one attached hydrogen (secondary N) is 1. The quantitative estimate of drug-likeness (QED) is 0.640. The molecule has 3 aromatic rings. The number of hydrogen-bond donors (Lipinski definition) is 1. The minimum atomic E-state index is -0.318. The third-order valence-electron chi connectivity index (χ3n) is 2.51. The summed E-state index contributed by atoms with van der Waals surface area (Å²) in [5.74, 6) is 0. The number of aromatic nitrogens is 1. The molecule has 0 amide bonds. The van der Waals surface area contributed by atoms with E-state index in [1.165, 1.54) is 11.3 Å². The van der Waals surface area contributed by atoms with Gasteiger partial charge in [0.15, 0.2) is 0 Å². The number of nitriles is 1. The average molecular weight is 226 g/mol. The van der Waals surface area contributed by atoms with Gasteiger partial charge in [0.05, 0.1) is 0 Å². The molecule has 0 aliphatic carbocycles. The standard InChI is InChI=1S/C12H6N2OS/c13-6-7-5-9-8-3-1-2-4-10(8)16-12(9)14-11(7)15/h1-5H,(H,14,15). The molecule has 0 atom stereocenters. The van der Waals surface area contributed by atoms with Crippen molar-refractivity contribution in [3.8, 4) is 6.07 Å². The summed E-state index contributed by atoms with van der Waals surface area (Å²) in [4.78, 5) is 15.0. The summed E-state index contributed by atoms with van der Waals surface area (Å²) >= 11 is 1.53. The molecular formula is C12H6N2OS. The number of nitrogens with zero attached hydrogens (tertiary/aromatic N) is 1. The number of benzene rings is 1. The van der Waals surface area contributed by atoms with Gasteiger partial charge in [-0.3, -0.25) is 4.79 Å². The van der Waals surface area contributed by atoms with Crippen molar-refractivity contribution in [3.63, 3.8) is 0 Å². The number of pyridine rings is 1. The molecule has 0 spiro atoms. The van der Waals surface area contributed by atoms with Crippen LogP contribution in [0.4, 0.5) is 0 Å². The first-order valence-corrected chi connectivity index (χ1v) is 5.56. The highest BCUT2D eigenvalue weighted by molar-refractivity contribution is 7.25. The molecule has 3 nitrogen and oxygen atoms in total. The Bertz CT molecular complexity index is 792. The highest BCUT2D eigenvalue weighted by atomic mass is 32.1. The zero-order valence-electron chi connectivity index (χ0n) is 8.15. The van der Waals surface area contributed by atoms with Gasteiger partial charge in [0, 0.05) is 15.5 Å². The van der Waals surface area contributed by atoms with Gasteiger partial charge in [-0.15, -0.1) is 11.3 Å². The lowest BCUT2D eigenvalue weighted by molar-refractivity contribution is 1.29. The molecule has 0 fully saturated rings. The van der Waals surface area contributed by atoms with Crippen molar-refractivity contribution in [1.82, 2.24) is 4.98 Å². The minimum Gasteiger partial charge on any atom is -0.312 e. The highest BCUT2D eigenvalue weighted by Gasteiger charge is 2.07. The van der Waals surface area contributed by atoms with E-state index in [0.717, 1.165) is 20.3 Å². The lowest BCUT2D eigenvalue weighted by atomic mass is 10.1. The predicted octanol–water partition coefficient (Wildman–Crippen LogP) is 2.61. The zero-order valence-corrected chi connectivity index (χ0v) is 8.97. The fraction of sp³-hybridized carbons (Fsp3) is 0. The molecule has 0 radical (unpaired) electrons. The lowest BCUT2D eigenvalue weighted by Crippen LogP contribution is -2.08. The van der Waals surface area contributed by atoms with Crippen LogP contribution in [0.15, 0.2) is 35.1 Å². The van der Waals surface area contributed by atoms with Gasteiger partial charge in [0.2, 0.25) is 0 Å². The number of thiophene rings is 1. The van der Waals surface area contributed by atoms with Crippen LogP contribution in [0, 0.1) is 11.3 Å². The second kappa shape index (κ2) is 3.19. The van der Waals surface area contributed by atoms with Crippen molar-refractivity contribution in [3.05, 3.63) is 46.2 Å². The van der Waals surface area contributed by atoms with Gasteiger partial charge in [0.25, 0.3) is 5.56 Å². The maximum absolute atomic E-state index is 11.5. The van der Waals surface area contributed by atoms with Gasteiger partial charge in [-0.05, 0) is 12.1 Å². The van der Waals surface area contributed by atoms with E-state index >= 15 is 0 Å². The molecule has 76 valence electrons. The Labute approximate surface area is 94.6 Å². The SMILES string of the molecule is N#Cc1cc2c([nH]c1=O)sc1ccccc12. The van der Waals surface area contributed by atoms with Crippen LogP contribution < -0.4 is 5.56 Å². The maximum Gasteiger partial charge on any atom is 0.266 e. The van der Waals surface area contributed by atoms with Gasteiger partial charge in [-0.2, -0.15) is 5.26 Å². The molecule has 1 N–H and O–H groups in total. The molecular weight excluding hydrogens is 220 g/mol. The molecule has 2 heterocycles. The van der Waals surface area contributed by atoms with Crippen molar-refractivity contribution < 1.29 is 0 Å². The lowest BCUT2D eigenvalue weighted by Gasteiger charge is -1.91. The van der Waals surface area contributed by atoms with Crippen LogP contribution in [-0.2, 0) is 0 Å². The Morgan fingerprint density at radius 2 is 2.06 bits per heavy atom. The smallest absolute Gasteiger partial charge is 0.266 e. The van der Waals surface area contributed by atoms with Crippen LogP contribution >= 0.6 is 11.3 Å². The van der Waals surface area contributed by atoms with E-state index < -0.39 is 0 Å². The minimum absolute atomic E-state index is 0.163. The molecule has 4 heteroatoms. The zero-order chi connectivity index (χ0) is 11.1. The number of rotatable bonds is 0. The first-order chi connectivity index (χ1) is 7.79. The number of aromatic amines is 1. The van der Waals surface area contributed by atoms with E-state index in [0.29, 0.717) is 0 Å². The van der Waals surface area contributed by atoms with Crippen LogP contribution in [0.3, 0.4) is 0 Å². The van der Waals surface area contributed by atoms with Gasteiger partial charge < -0.3 is 4.98 Å². The van der Waals surface area contributed by atoms with Gasteiger partial charge in [-0.25, -0.2) is 0 Å². The van der Waals surface area contributed by atoms with Crippen LogP contribution in [0.25, 0.3) is 20.3 Å². The first-order valence-electron chi connectivity index (χ1n) is 4.74. The molecule has 3 rings (SSSR count). The van der Waals surface area contributed by atoms with E-state index in [9.17, 15) is 4.79 Å². The fourth-order valence-electron chi connectivity index (χ4n) is 1.76. The maximum atomic E-state index is 11.5. The van der Waals surface area contributed by atoms with Crippen LogP contribution in [0.5, 0.6) is 0 Å². The van der Waals surface area contributed by atoms with Crippen LogP contribution in [0.1, 0.15) is 5.56 Å². The Kier molecular flexibility index (Phi) is 1.82. The summed E-state index contributed by atoms with van der Waals surface area (Å²) in [6.07, 6.45) is 0. The monoisotopic (exact) mass is 226 g/mol. The Hall–Kier alpha value is -2.12. The Morgan fingerprint density at radius 1 is 1.25 bits per heavy atom. The number of hydrogen-bond acceptors (Lipinski definition) is 3. The van der Waals surface area contributed by atoms with Gasteiger partial charge >= 0.3 is 0 Å². The van der Waals surface area contributed by atoms with E-state index in [2.05, 4.69) is 4.98 Å². The topological polar surface area (TPSA) is 56.6 Å². The summed E-state index contributed by atoms with van der Waals surface area (Å²) in [7, 11) is 0. The largest absolute Gasteiger partial charge is 0.312 e. The summed E-state index contributed by atoms with van der Waals surface area (Å²) in [6, 6.07) is 11.5. The summed E-state index contributed by atoms with van der Waals surface area (Å²) in [5, 5.41) is 10.8. The highest BCUT2D eigenvalue weighted by Crippen LogP contribution is 2.31. The summed E-state index contributed by atoms with van der Waals surface area (Å²) in [5.41, 5.74) is -0.155. The van der Waals surface area contributed by atoms with Crippen LogP contribution in [0.2, 0.25) is 0 Å². The number of fused-ring (bicyclic) bond motifs is 3. The van der Waals surface area contributed by atoms with E-state index in [1.54, 1.807) is 6.07 Å². The molecule has 16 heavy (non-hydrogen) atoms. The molecule has 0 unspecified atom stereocenters. The number of H-pyrrole nitrogens is 1. The normalized spacial score (nSPS) is 10.7. The molecule has 0 saturated carbocycles. The van der Waals surface area contributed by atoms with Crippen molar-refractivity contribution >= 4 is 31.6 Å². The van der Waals surface area contributed by atoms with Crippen molar-refractivity contribution in [2.24, 2.45) is 0 Å². The van der Waals surface area contributed by atoms with Gasteiger partial charge in [-0.1, -0.05) is 18.2 Å². The molecule has 0 aliphatic heterocycles. The molecule has 0 aliphatic rings. The predicted molar refractivity (Wildman–Crippen MR) is 64.7 cm³/mol.